The maximum atomic E-state index is 12.2. The molecule has 2 rings (SSSR count). The molecule has 0 radical (unpaired) electrons. The summed E-state index contributed by atoms with van der Waals surface area (Å²) in [4.78, 5) is 23.2. The van der Waals surface area contributed by atoms with Crippen molar-refractivity contribution in [3.63, 3.8) is 0 Å². The van der Waals surface area contributed by atoms with E-state index in [0.29, 0.717) is 28.5 Å². The van der Waals surface area contributed by atoms with Gasteiger partial charge < -0.3 is 19.5 Å². The molecule has 1 amide bonds. The first-order valence-electron chi connectivity index (χ1n) is 6.84. The van der Waals surface area contributed by atoms with Crippen molar-refractivity contribution < 1.29 is 23.8 Å². The van der Waals surface area contributed by atoms with Gasteiger partial charge in [0.15, 0.2) is 0 Å². The van der Waals surface area contributed by atoms with Crippen LogP contribution in [-0.4, -0.2) is 26.1 Å². The quantitative estimate of drug-likeness (QED) is 0.678. The van der Waals surface area contributed by atoms with Crippen LogP contribution in [0.5, 0.6) is 17.2 Å². The molecular weight excluding hydrogens is 298 g/mol. The second kappa shape index (κ2) is 7.31. The molecule has 1 N–H and O–H groups in total. The number of benzene rings is 2. The number of methoxy groups -OCH3 is 2. The number of ether oxygens (including phenoxy) is 3. The Kier molecular flexibility index (Phi) is 5.19. The van der Waals surface area contributed by atoms with Gasteiger partial charge in [0.1, 0.15) is 17.2 Å². The van der Waals surface area contributed by atoms with Gasteiger partial charge in [-0.05, 0) is 36.4 Å². The molecular formula is C17H17NO5. The topological polar surface area (TPSA) is 73.9 Å². The maximum absolute atomic E-state index is 12.2. The standard InChI is InChI=1S/C17H17NO5/c1-11(19)18-13-4-6-14(7-5-13)23-17(20)12-8-15(21-2)10-16(9-12)22-3/h4-10H,1-3H3,(H,18,19). The summed E-state index contributed by atoms with van der Waals surface area (Å²) in [7, 11) is 3.01. The number of carbonyl (C=O) groups excluding carboxylic acids is 2. The zero-order valence-electron chi connectivity index (χ0n) is 13.1. The van der Waals surface area contributed by atoms with E-state index in [1.54, 1.807) is 42.5 Å². The van der Waals surface area contributed by atoms with Crippen molar-refractivity contribution in [3.05, 3.63) is 48.0 Å². The highest BCUT2D eigenvalue weighted by Crippen LogP contribution is 2.24. The molecule has 0 atom stereocenters. The van der Waals surface area contributed by atoms with Crippen LogP contribution in [0.2, 0.25) is 0 Å². The normalized spacial score (nSPS) is 9.87. The van der Waals surface area contributed by atoms with Crippen molar-refractivity contribution in [2.75, 3.05) is 19.5 Å². The summed E-state index contributed by atoms with van der Waals surface area (Å²) < 4.78 is 15.5. The van der Waals surface area contributed by atoms with Crippen LogP contribution in [0.1, 0.15) is 17.3 Å². The Labute approximate surface area is 134 Å². The number of hydrogen-bond donors (Lipinski definition) is 1. The monoisotopic (exact) mass is 315 g/mol. The summed E-state index contributed by atoms with van der Waals surface area (Å²) in [6.07, 6.45) is 0. The predicted octanol–water partition coefficient (Wildman–Crippen LogP) is 2.88. The summed E-state index contributed by atoms with van der Waals surface area (Å²) in [6.45, 7) is 1.42. The molecule has 0 aliphatic heterocycles. The van der Waals surface area contributed by atoms with Gasteiger partial charge in [-0.15, -0.1) is 0 Å². The lowest BCUT2D eigenvalue weighted by Crippen LogP contribution is -2.09. The van der Waals surface area contributed by atoms with Crippen LogP contribution >= 0.6 is 0 Å². The van der Waals surface area contributed by atoms with Crippen LogP contribution in [0.3, 0.4) is 0 Å². The zero-order valence-corrected chi connectivity index (χ0v) is 13.1. The van der Waals surface area contributed by atoms with Crippen LogP contribution in [0.25, 0.3) is 0 Å². The lowest BCUT2D eigenvalue weighted by molar-refractivity contribution is -0.114. The number of hydrogen-bond acceptors (Lipinski definition) is 5. The third-order valence-corrected chi connectivity index (χ3v) is 2.97. The van der Waals surface area contributed by atoms with Crippen molar-refractivity contribution in [2.24, 2.45) is 0 Å². The summed E-state index contributed by atoms with van der Waals surface area (Å²) in [5.74, 6) is 0.660. The van der Waals surface area contributed by atoms with E-state index in [-0.39, 0.29) is 5.91 Å². The summed E-state index contributed by atoms with van der Waals surface area (Å²) in [6, 6.07) is 11.3. The molecule has 2 aromatic carbocycles. The molecule has 0 heterocycles. The van der Waals surface area contributed by atoms with Gasteiger partial charge in [0.25, 0.3) is 0 Å². The Balaban J connectivity index is 2.13. The SMILES string of the molecule is COc1cc(OC)cc(C(=O)Oc2ccc(NC(C)=O)cc2)c1. The van der Waals surface area contributed by atoms with Crippen LogP contribution in [0.15, 0.2) is 42.5 Å². The Morgan fingerprint density at radius 1 is 0.870 bits per heavy atom. The van der Waals surface area contributed by atoms with Crippen molar-refractivity contribution in [1.82, 2.24) is 0 Å². The number of amides is 1. The lowest BCUT2D eigenvalue weighted by atomic mass is 10.2. The van der Waals surface area contributed by atoms with Gasteiger partial charge in [0, 0.05) is 18.7 Å². The highest BCUT2D eigenvalue weighted by Gasteiger charge is 2.12. The van der Waals surface area contributed by atoms with Crippen LogP contribution in [-0.2, 0) is 4.79 Å². The van der Waals surface area contributed by atoms with E-state index in [0.717, 1.165) is 0 Å². The third kappa shape index (κ3) is 4.47. The van der Waals surface area contributed by atoms with Gasteiger partial charge >= 0.3 is 5.97 Å². The predicted molar refractivity (Wildman–Crippen MR) is 85.3 cm³/mol. The highest BCUT2D eigenvalue weighted by molar-refractivity contribution is 5.92. The number of anilines is 1. The molecule has 0 bridgehead atoms. The Morgan fingerprint density at radius 2 is 1.43 bits per heavy atom. The molecule has 0 saturated carbocycles. The first-order chi connectivity index (χ1) is 11.0. The Hall–Kier alpha value is -3.02. The fourth-order valence-corrected chi connectivity index (χ4v) is 1.90. The van der Waals surface area contributed by atoms with E-state index in [1.165, 1.54) is 21.1 Å². The lowest BCUT2D eigenvalue weighted by Gasteiger charge is -2.09. The van der Waals surface area contributed by atoms with Gasteiger partial charge in [0.2, 0.25) is 5.91 Å². The van der Waals surface area contributed by atoms with E-state index in [4.69, 9.17) is 14.2 Å². The van der Waals surface area contributed by atoms with Crippen molar-refractivity contribution in [3.8, 4) is 17.2 Å². The third-order valence-electron chi connectivity index (χ3n) is 2.97. The van der Waals surface area contributed by atoms with Crippen LogP contribution in [0.4, 0.5) is 5.69 Å². The molecule has 0 fully saturated rings. The minimum atomic E-state index is -0.533. The summed E-state index contributed by atoms with van der Waals surface area (Å²) >= 11 is 0. The minimum Gasteiger partial charge on any atom is -0.497 e. The van der Waals surface area contributed by atoms with Gasteiger partial charge in [-0.1, -0.05) is 0 Å². The number of esters is 1. The van der Waals surface area contributed by atoms with E-state index < -0.39 is 5.97 Å². The molecule has 6 nitrogen and oxygen atoms in total. The smallest absolute Gasteiger partial charge is 0.343 e. The highest BCUT2D eigenvalue weighted by atomic mass is 16.5. The number of rotatable bonds is 5. The second-order valence-electron chi connectivity index (χ2n) is 4.70. The maximum Gasteiger partial charge on any atom is 0.343 e. The molecule has 2 aromatic rings. The van der Waals surface area contributed by atoms with E-state index in [9.17, 15) is 9.59 Å². The molecule has 0 saturated heterocycles. The molecule has 0 spiro atoms. The van der Waals surface area contributed by atoms with Gasteiger partial charge in [-0.25, -0.2) is 4.79 Å². The molecule has 6 heteroatoms. The second-order valence-corrected chi connectivity index (χ2v) is 4.70. The van der Waals surface area contributed by atoms with Crippen molar-refractivity contribution >= 4 is 17.6 Å². The Bertz CT molecular complexity index is 687. The van der Waals surface area contributed by atoms with Crippen molar-refractivity contribution in [1.29, 1.82) is 0 Å². The van der Waals surface area contributed by atoms with Gasteiger partial charge in [-0.3, -0.25) is 4.79 Å². The molecule has 120 valence electrons. The summed E-state index contributed by atoms with van der Waals surface area (Å²) in [5.41, 5.74) is 0.937. The molecule has 0 aromatic heterocycles. The average Bonchev–Trinajstić information content (AvgIpc) is 2.55. The van der Waals surface area contributed by atoms with E-state index >= 15 is 0 Å². The van der Waals surface area contributed by atoms with E-state index in [2.05, 4.69) is 5.32 Å². The largest absolute Gasteiger partial charge is 0.497 e. The van der Waals surface area contributed by atoms with Crippen LogP contribution in [0, 0.1) is 0 Å². The average molecular weight is 315 g/mol. The van der Waals surface area contributed by atoms with Gasteiger partial charge in [0.05, 0.1) is 19.8 Å². The molecule has 23 heavy (non-hydrogen) atoms. The fraction of sp³-hybridized carbons (Fsp3) is 0.176. The van der Waals surface area contributed by atoms with Crippen LogP contribution < -0.4 is 19.5 Å². The van der Waals surface area contributed by atoms with Gasteiger partial charge in [-0.2, -0.15) is 0 Å². The summed E-state index contributed by atoms with van der Waals surface area (Å²) in [5, 5.41) is 2.63. The molecule has 0 aliphatic rings. The fourth-order valence-electron chi connectivity index (χ4n) is 1.90. The first kappa shape index (κ1) is 16.4. The zero-order chi connectivity index (χ0) is 16.8. The molecule has 0 unspecified atom stereocenters. The van der Waals surface area contributed by atoms with E-state index in [1.807, 2.05) is 0 Å². The number of nitrogens with one attached hydrogen (secondary N) is 1. The Morgan fingerprint density at radius 3 is 1.91 bits per heavy atom. The minimum absolute atomic E-state index is 0.168. The number of carbonyl (C=O) groups is 2. The first-order valence-corrected chi connectivity index (χ1v) is 6.84. The molecule has 0 aliphatic carbocycles. The van der Waals surface area contributed by atoms with Crippen molar-refractivity contribution in [2.45, 2.75) is 6.92 Å².